The van der Waals surface area contributed by atoms with Crippen LogP contribution in [-0.2, 0) is 0 Å². The average molecular weight is 240 g/mol. The number of aliphatic hydroxyl groups is 1. The van der Waals surface area contributed by atoms with E-state index in [2.05, 4.69) is 30.5 Å². The van der Waals surface area contributed by atoms with Crippen molar-refractivity contribution in [2.75, 3.05) is 31.3 Å². The highest BCUT2D eigenvalue weighted by Crippen LogP contribution is 2.19. The lowest BCUT2D eigenvalue weighted by Crippen LogP contribution is -2.30. The molecule has 1 unspecified atom stereocenters. The van der Waals surface area contributed by atoms with E-state index in [1.165, 1.54) is 4.90 Å². The summed E-state index contributed by atoms with van der Waals surface area (Å²) < 4.78 is 0. The summed E-state index contributed by atoms with van der Waals surface area (Å²) >= 11 is 1.73. The largest absolute Gasteiger partial charge is 0.391 e. The molecule has 0 aliphatic carbocycles. The number of thioether (sulfide) groups is 1. The molecule has 1 aromatic carbocycles. The third-order valence-electron chi connectivity index (χ3n) is 2.50. The molecule has 1 atom stereocenters. The number of anilines is 1. The first kappa shape index (κ1) is 13.4. The summed E-state index contributed by atoms with van der Waals surface area (Å²) in [4.78, 5) is 3.30. The smallest absolute Gasteiger partial charge is 0.0726 e. The second-order valence-electron chi connectivity index (χ2n) is 3.81. The number of likely N-dealkylation sites (N-methyl/N-ethyl adjacent to an activating group) is 1. The van der Waals surface area contributed by atoms with E-state index in [1.54, 1.807) is 11.8 Å². The molecule has 16 heavy (non-hydrogen) atoms. The van der Waals surface area contributed by atoms with Crippen LogP contribution in [0.2, 0.25) is 0 Å². The van der Waals surface area contributed by atoms with Crippen LogP contribution < -0.4 is 10.6 Å². The molecule has 4 heteroatoms. The minimum atomic E-state index is -0.352. The van der Waals surface area contributed by atoms with Gasteiger partial charge < -0.3 is 15.7 Å². The molecule has 1 rings (SSSR count). The van der Waals surface area contributed by atoms with Crippen LogP contribution in [-0.4, -0.2) is 37.6 Å². The molecule has 0 spiro atoms. The van der Waals surface area contributed by atoms with Crippen LogP contribution in [0.4, 0.5) is 5.69 Å². The van der Waals surface area contributed by atoms with E-state index >= 15 is 0 Å². The van der Waals surface area contributed by atoms with E-state index in [4.69, 9.17) is 5.73 Å². The average Bonchev–Trinajstić information content (AvgIpc) is 2.29. The number of rotatable bonds is 6. The van der Waals surface area contributed by atoms with Crippen LogP contribution in [0, 0.1) is 0 Å². The van der Waals surface area contributed by atoms with Gasteiger partial charge in [-0.25, -0.2) is 0 Å². The molecule has 3 N–H and O–H groups in total. The summed E-state index contributed by atoms with van der Waals surface area (Å²) in [6.45, 7) is 1.15. The van der Waals surface area contributed by atoms with Crippen LogP contribution in [0.5, 0.6) is 0 Å². The van der Waals surface area contributed by atoms with E-state index in [9.17, 15) is 5.11 Å². The second-order valence-corrected chi connectivity index (χ2v) is 4.69. The van der Waals surface area contributed by atoms with Crippen LogP contribution in [0.3, 0.4) is 0 Å². The summed E-state index contributed by atoms with van der Waals surface area (Å²) in [6.07, 6.45) is 2.35. The van der Waals surface area contributed by atoms with Crippen LogP contribution in [0.15, 0.2) is 29.2 Å². The number of nitrogens with zero attached hydrogens (tertiary/aromatic N) is 1. The lowest BCUT2D eigenvalue weighted by Gasteiger charge is -2.22. The SMILES string of the molecule is CSc1ccc(N(C)CC(O)CCN)cc1. The van der Waals surface area contributed by atoms with E-state index in [0.717, 1.165) is 5.69 Å². The van der Waals surface area contributed by atoms with Crippen LogP contribution >= 0.6 is 11.8 Å². The summed E-state index contributed by atoms with van der Waals surface area (Å²) in [5.74, 6) is 0. The molecule has 1 aromatic rings. The van der Waals surface area contributed by atoms with Gasteiger partial charge in [0.1, 0.15) is 0 Å². The fraction of sp³-hybridized carbons (Fsp3) is 0.500. The quantitative estimate of drug-likeness (QED) is 0.741. The van der Waals surface area contributed by atoms with Crippen LogP contribution in [0.1, 0.15) is 6.42 Å². The maximum absolute atomic E-state index is 9.66. The maximum Gasteiger partial charge on any atom is 0.0726 e. The van der Waals surface area contributed by atoms with Gasteiger partial charge in [-0.3, -0.25) is 0 Å². The van der Waals surface area contributed by atoms with Gasteiger partial charge in [0.05, 0.1) is 6.10 Å². The fourth-order valence-electron chi connectivity index (χ4n) is 1.54. The van der Waals surface area contributed by atoms with Gasteiger partial charge in [-0.2, -0.15) is 0 Å². The Hall–Kier alpha value is -0.710. The molecule has 0 radical (unpaired) electrons. The predicted octanol–water partition coefficient (Wildman–Crippen LogP) is 1.55. The molecular formula is C12H20N2OS. The Balaban J connectivity index is 2.55. The third-order valence-corrected chi connectivity index (χ3v) is 3.24. The summed E-state index contributed by atoms with van der Waals surface area (Å²) in [7, 11) is 1.98. The van der Waals surface area contributed by atoms with E-state index in [-0.39, 0.29) is 6.10 Å². The second kappa shape index (κ2) is 6.78. The fourth-order valence-corrected chi connectivity index (χ4v) is 1.95. The Labute approximate surface area is 102 Å². The molecule has 0 aromatic heterocycles. The predicted molar refractivity (Wildman–Crippen MR) is 71.2 cm³/mol. The lowest BCUT2D eigenvalue weighted by atomic mass is 10.2. The van der Waals surface area contributed by atoms with E-state index in [1.807, 2.05) is 11.9 Å². The van der Waals surface area contributed by atoms with Gasteiger partial charge in [-0.05, 0) is 43.5 Å². The monoisotopic (exact) mass is 240 g/mol. The van der Waals surface area contributed by atoms with Crippen molar-refractivity contribution in [3.8, 4) is 0 Å². The molecule has 90 valence electrons. The molecule has 0 aliphatic heterocycles. The molecule has 0 heterocycles. The highest BCUT2D eigenvalue weighted by Gasteiger charge is 2.07. The standard InChI is InChI=1S/C12H20N2OS/c1-14(9-11(15)7-8-13)10-3-5-12(16-2)6-4-10/h3-6,11,15H,7-9,13H2,1-2H3. The Morgan fingerprint density at radius 3 is 2.50 bits per heavy atom. The number of nitrogens with two attached hydrogens (primary N) is 1. The number of aliphatic hydroxyl groups excluding tert-OH is 1. The van der Waals surface area contributed by atoms with Crippen molar-refractivity contribution < 1.29 is 5.11 Å². The van der Waals surface area contributed by atoms with Gasteiger partial charge in [0.25, 0.3) is 0 Å². The van der Waals surface area contributed by atoms with Gasteiger partial charge in [0, 0.05) is 24.2 Å². The topological polar surface area (TPSA) is 49.5 Å². The Morgan fingerprint density at radius 2 is 2.00 bits per heavy atom. The Kier molecular flexibility index (Phi) is 5.66. The van der Waals surface area contributed by atoms with Crippen molar-refractivity contribution in [1.82, 2.24) is 0 Å². The summed E-state index contributed by atoms with van der Waals surface area (Å²) in [6, 6.07) is 8.32. The van der Waals surface area contributed by atoms with Crippen molar-refractivity contribution in [3.05, 3.63) is 24.3 Å². The summed E-state index contributed by atoms with van der Waals surface area (Å²) in [5, 5.41) is 9.66. The molecule has 0 saturated heterocycles. The molecule has 3 nitrogen and oxygen atoms in total. The Bertz CT molecular complexity index is 302. The molecule has 0 fully saturated rings. The first-order valence-corrected chi connectivity index (χ1v) is 6.63. The minimum Gasteiger partial charge on any atom is -0.391 e. The first-order chi connectivity index (χ1) is 7.67. The van der Waals surface area contributed by atoms with Gasteiger partial charge in [0.15, 0.2) is 0 Å². The highest BCUT2D eigenvalue weighted by atomic mass is 32.2. The van der Waals surface area contributed by atoms with Crippen molar-refractivity contribution in [3.63, 3.8) is 0 Å². The molecule has 0 bridgehead atoms. The molecule has 0 saturated carbocycles. The van der Waals surface area contributed by atoms with Gasteiger partial charge in [0.2, 0.25) is 0 Å². The van der Waals surface area contributed by atoms with Crippen molar-refractivity contribution >= 4 is 17.4 Å². The van der Waals surface area contributed by atoms with Gasteiger partial charge in [-0.1, -0.05) is 0 Å². The lowest BCUT2D eigenvalue weighted by molar-refractivity contribution is 0.174. The molecule has 0 amide bonds. The van der Waals surface area contributed by atoms with E-state index < -0.39 is 0 Å². The van der Waals surface area contributed by atoms with E-state index in [0.29, 0.717) is 19.5 Å². The van der Waals surface area contributed by atoms with Gasteiger partial charge >= 0.3 is 0 Å². The van der Waals surface area contributed by atoms with Crippen molar-refractivity contribution in [1.29, 1.82) is 0 Å². The zero-order valence-electron chi connectivity index (χ0n) is 9.89. The minimum absolute atomic E-state index is 0.352. The number of benzene rings is 1. The van der Waals surface area contributed by atoms with Gasteiger partial charge in [-0.15, -0.1) is 11.8 Å². The first-order valence-electron chi connectivity index (χ1n) is 5.40. The zero-order chi connectivity index (χ0) is 12.0. The highest BCUT2D eigenvalue weighted by molar-refractivity contribution is 7.98. The van der Waals surface area contributed by atoms with Crippen molar-refractivity contribution in [2.45, 2.75) is 17.4 Å². The third kappa shape index (κ3) is 4.04. The maximum atomic E-state index is 9.66. The Morgan fingerprint density at radius 1 is 1.38 bits per heavy atom. The van der Waals surface area contributed by atoms with Crippen LogP contribution in [0.25, 0.3) is 0 Å². The molecule has 0 aliphatic rings. The normalized spacial score (nSPS) is 12.5. The summed E-state index contributed by atoms with van der Waals surface area (Å²) in [5.41, 5.74) is 6.52. The zero-order valence-corrected chi connectivity index (χ0v) is 10.7. The molecular weight excluding hydrogens is 220 g/mol. The number of hydrogen-bond acceptors (Lipinski definition) is 4. The van der Waals surface area contributed by atoms with Crippen molar-refractivity contribution in [2.24, 2.45) is 5.73 Å². The number of hydrogen-bond donors (Lipinski definition) is 2.